The molecule has 8 rings (SSSR count). The highest BCUT2D eigenvalue weighted by atomic mass is 16.7. The van der Waals surface area contributed by atoms with Crippen molar-refractivity contribution in [2.45, 2.75) is 92.5 Å². The number of nitrogens with zero attached hydrogens (tertiary/aromatic N) is 5. The second kappa shape index (κ2) is 26.7. The molecule has 9 atom stereocenters. The van der Waals surface area contributed by atoms with E-state index in [0.29, 0.717) is 24.4 Å². The molecule has 22 heteroatoms. The van der Waals surface area contributed by atoms with E-state index < -0.39 is 88.8 Å². The lowest BCUT2D eigenvalue weighted by Gasteiger charge is -2.38. The van der Waals surface area contributed by atoms with Gasteiger partial charge in [0.25, 0.3) is 17.6 Å². The minimum atomic E-state index is -2.04. The first-order chi connectivity index (χ1) is 37.9. The van der Waals surface area contributed by atoms with Gasteiger partial charge in [0.05, 0.1) is 53.0 Å². The molecule has 3 aromatic carbocycles. The van der Waals surface area contributed by atoms with E-state index in [1.54, 1.807) is 57.0 Å². The molecule has 0 saturated carbocycles. The number of nitrogens with two attached hydrogens (primary N) is 1. The van der Waals surface area contributed by atoms with E-state index in [0.717, 1.165) is 18.7 Å². The van der Waals surface area contributed by atoms with E-state index in [-0.39, 0.29) is 62.8 Å². The van der Waals surface area contributed by atoms with Gasteiger partial charge < -0.3 is 65.2 Å². The highest BCUT2D eigenvalue weighted by Crippen LogP contribution is 2.55. The largest absolute Gasteiger partial charge is 0.507 e. The lowest BCUT2D eigenvalue weighted by molar-refractivity contribution is -0.160. The number of ether oxygens (including phenoxy) is 5. The minimum Gasteiger partial charge on any atom is -0.507 e. The number of hydrogen-bond acceptors (Lipinski definition) is 19. The number of aliphatic hydroxyl groups excluding tert-OH is 2. The topological polar surface area (TPSA) is 310 Å². The number of benzene rings is 3. The average Bonchev–Trinajstić information content (AvgIpc) is 3.85. The van der Waals surface area contributed by atoms with Crippen LogP contribution in [0, 0.1) is 37.5 Å². The number of carbonyl (C=O) groups is 4. The highest BCUT2D eigenvalue weighted by molar-refractivity contribution is 6.24. The van der Waals surface area contributed by atoms with Crippen LogP contribution >= 0.6 is 0 Å². The maximum absolute atomic E-state index is 14.4. The van der Waals surface area contributed by atoms with Crippen LogP contribution in [0.4, 0.5) is 5.69 Å². The predicted octanol–water partition coefficient (Wildman–Crippen LogP) is 5.81. The molecular weight excluding hydrogens is 1030 g/mol. The summed E-state index contributed by atoms with van der Waals surface area (Å²) in [6.07, 6.45) is 7.92. The van der Waals surface area contributed by atoms with Gasteiger partial charge in [0, 0.05) is 105 Å². The third-order valence-electron chi connectivity index (χ3n) is 14.5. The van der Waals surface area contributed by atoms with Gasteiger partial charge in [0.2, 0.25) is 0 Å². The smallest absolute Gasteiger partial charge is 0.312 e. The Balaban J connectivity index is 0.000000410. The van der Waals surface area contributed by atoms with Crippen LogP contribution in [-0.4, -0.2) is 153 Å². The summed E-state index contributed by atoms with van der Waals surface area (Å²) in [6.45, 7) is 17.2. The molecule has 4 aliphatic rings. The van der Waals surface area contributed by atoms with E-state index in [1.807, 2.05) is 38.2 Å². The molecule has 0 spiro atoms. The Morgan fingerprint density at radius 2 is 1.62 bits per heavy atom. The van der Waals surface area contributed by atoms with Crippen molar-refractivity contribution >= 4 is 52.1 Å². The number of amides is 2. The summed E-state index contributed by atoms with van der Waals surface area (Å²) in [7, 11) is 3.42. The minimum absolute atomic E-state index is 0.0559. The van der Waals surface area contributed by atoms with Crippen molar-refractivity contribution in [2.75, 3.05) is 52.3 Å². The molecule has 2 amide bonds. The summed E-state index contributed by atoms with van der Waals surface area (Å²) in [4.78, 5) is 58.2. The standard InChI is InChI=1S/C43H58N4O12.C15H16N4O2/c1-21-12-11-13-22(2)42(55)45-33-28(20-44-47-17-15-46(9)16-18-47)37(52)30-31(38(33)53)36(51)26(6)40-32(30)41(54)43(8,59-40)57-19-14-29(56-10)23(3)39(58-27(7)48)25(5)35(50)24(4)34(21)49;1-11-3-2-4-13(9-11)21-10-14(16)18-19-15(20)12-5-7-17-8-6-12/h11-14,19-21,23-25,29,34-35,39,49-53H,15-18H2,1-10H3,(H,45,55);2-9H,10H2,1H3,(H2,16,18)(H,19,20)/b12-11+,19-14+,22-13-,44-20+;/t21-,23+,24+,25+,29-,34-,35+,39+,43-;/m0./s1. The quantitative estimate of drug-likeness (QED) is 0.0245. The molecule has 1 fully saturated rings. The summed E-state index contributed by atoms with van der Waals surface area (Å²) in [5, 5.41) is 70.6. The second-order valence-electron chi connectivity index (χ2n) is 20.5. The summed E-state index contributed by atoms with van der Waals surface area (Å²) < 4.78 is 29.1. The number of pyridine rings is 1. The molecule has 9 N–H and O–H groups in total. The number of rotatable bonds is 9. The average molecular weight is 1110 g/mol. The summed E-state index contributed by atoms with van der Waals surface area (Å²) in [5.74, 6) is -7.81. The summed E-state index contributed by atoms with van der Waals surface area (Å²) in [6, 6.07) is 10.8. The SMILES string of the molecule is CO[C@H]1/C=C/O[C@@]2(C)Oc3c(C)c(O)c4c(O)c(c(/C=N/N5CCN(C)CC5)c(O)c4c3C2=O)NC(=O)/C(C)=C\C=C\[C@H](C)[C@H](O)[C@@H](C)[C@@H](O)[C@@H](C)[C@H](OC(C)=O)[C@@H]1C.Cc1cccc(OC/C(N)=N\NC(=O)c2ccncc2)c1. The first-order valence-corrected chi connectivity index (χ1v) is 26.2. The molecule has 4 aliphatic heterocycles. The second-order valence-corrected chi connectivity index (χ2v) is 20.5. The number of fused-ring (bicyclic) bond motifs is 14. The molecule has 4 aromatic rings. The number of phenols is 3. The molecule has 5 bridgehead atoms. The molecule has 1 aromatic heterocycles. The van der Waals surface area contributed by atoms with Crippen LogP contribution in [-0.2, 0) is 23.8 Å². The number of amidine groups is 1. The first kappa shape index (κ1) is 61.2. The number of aromatic nitrogens is 1. The maximum atomic E-state index is 14.4. The Kier molecular flexibility index (Phi) is 20.4. The molecule has 80 heavy (non-hydrogen) atoms. The fraction of sp³-hybridized carbons (Fsp3) is 0.431. The number of Topliss-reactive ketones (excluding diaryl/α,β-unsaturated/α-hetero) is 1. The van der Waals surface area contributed by atoms with Gasteiger partial charge in [-0.3, -0.25) is 29.2 Å². The van der Waals surface area contributed by atoms with Crippen molar-refractivity contribution in [3.63, 3.8) is 0 Å². The number of aromatic hydroxyl groups is 3. The van der Waals surface area contributed by atoms with Crippen molar-refractivity contribution in [3.8, 4) is 28.7 Å². The molecule has 0 radical (unpaired) electrons. The molecule has 0 unspecified atom stereocenters. The molecule has 1 saturated heterocycles. The van der Waals surface area contributed by atoms with Crippen LogP contribution in [0.15, 0.2) is 95.1 Å². The van der Waals surface area contributed by atoms with E-state index >= 15 is 0 Å². The van der Waals surface area contributed by atoms with Crippen LogP contribution in [0.2, 0.25) is 0 Å². The van der Waals surface area contributed by atoms with Gasteiger partial charge in [-0.15, -0.1) is 0 Å². The van der Waals surface area contributed by atoms with E-state index in [4.69, 9.17) is 29.4 Å². The number of ketones is 1. The van der Waals surface area contributed by atoms with E-state index in [9.17, 15) is 44.7 Å². The Labute approximate surface area is 465 Å². The van der Waals surface area contributed by atoms with Crippen molar-refractivity contribution in [2.24, 2.45) is 39.6 Å². The lowest BCUT2D eigenvalue weighted by Crippen LogP contribution is -2.46. The van der Waals surface area contributed by atoms with Crippen LogP contribution < -0.4 is 25.9 Å². The van der Waals surface area contributed by atoms with Gasteiger partial charge in [0.15, 0.2) is 11.6 Å². The monoisotopic (exact) mass is 1110 g/mol. The van der Waals surface area contributed by atoms with Crippen LogP contribution in [0.5, 0.6) is 28.7 Å². The maximum Gasteiger partial charge on any atom is 0.312 e. The number of esters is 1. The Bertz CT molecular complexity index is 3070. The van der Waals surface area contributed by atoms with Crippen LogP contribution in [0.1, 0.15) is 85.9 Å². The first-order valence-electron chi connectivity index (χ1n) is 26.2. The molecule has 0 aliphatic carbocycles. The number of phenolic OH excluding ortho intramolecular Hbond substituents is 3. The molecule has 430 valence electrons. The zero-order valence-electron chi connectivity index (χ0n) is 47.0. The molecule has 22 nitrogen and oxygen atoms in total. The van der Waals surface area contributed by atoms with Gasteiger partial charge >= 0.3 is 11.8 Å². The number of carbonyl (C=O) groups excluding carboxylic acids is 4. The van der Waals surface area contributed by atoms with Gasteiger partial charge in [0.1, 0.15) is 35.7 Å². The van der Waals surface area contributed by atoms with Gasteiger partial charge in [-0.2, -0.15) is 10.2 Å². The van der Waals surface area contributed by atoms with Crippen molar-refractivity contribution in [1.82, 2.24) is 20.3 Å². The van der Waals surface area contributed by atoms with Crippen LogP contribution in [0.25, 0.3) is 10.8 Å². The predicted molar refractivity (Wildman–Crippen MR) is 300 cm³/mol. The summed E-state index contributed by atoms with van der Waals surface area (Å²) >= 11 is 0. The van der Waals surface area contributed by atoms with Gasteiger partial charge in [-0.05, 0) is 63.7 Å². The summed E-state index contributed by atoms with van der Waals surface area (Å²) in [5.41, 5.74) is 9.25. The Morgan fingerprint density at radius 1 is 0.938 bits per heavy atom. The zero-order valence-corrected chi connectivity index (χ0v) is 47.0. The fourth-order valence-corrected chi connectivity index (χ4v) is 9.51. The highest BCUT2D eigenvalue weighted by Gasteiger charge is 2.50. The van der Waals surface area contributed by atoms with Crippen molar-refractivity contribution in [3.05, 3.63) is 113 Å². The Morgan fingerprint density at radius 3 is 2.27 bits per heavy atom. The van der Waals surface area contributed by atoms with E-state index in [2.05, 4.69) is 30.8 Å². The number of hydrogen-bond donors (Lipinski definition) is 8. The number of nitrogens with one attached hydrogen (secondary N) is 2. The normalized spacial score (nSPS) is 26.5. The van der Waals surface area contributed by atoms with Crippen molar-refractivity contribution in [1.29, 1.82) is 0 Å². The number of aryl methyl sites for hydroxylation is 1. The third kappa shape index (κ3) is 14.2. The van der Waals surface area contributed by atoms with E-state index in [1.165, 1.54) is 71.8 Å². The fourth-order valence-electron chi connectivity index (χ4n) is 9.51. The number of allylic oxidation sites excluding steroid dienone is 2. The van der Waals surface area contributed by atoms with Gasteiger partial charge in [-0.1, -0.05) is 58.1 Å². The number of anilines is 1. The number of aliphatic hydroxyl groups is 2. The molecular formula is C58H74N8O14. The van der Waals surface area contributed by atoms with Gasteiger partial charge in [-0.25, -0.2) is 5.43 Å². The number of piperazine rings is 1. The lowest BCUT2D eigenvalue weighted by atomic mass is 9.78. The number of methoxy groups -OCH3 is 1. The Hall–Kier alpha value is -8.05. The number of likely N-dealkylation sites (N-methyl/N-ethyl adjacent to an activating group) is 1. The zero-order chi connectivity index (χ0) is 58.7. The third-order valence-corrected chi connectivity index (χ3v) is 14.5. The molecule has 5 heterocycles. The van der Waals surface area contributed by atoms with Crippen LogP contribution in [0.3, 0.4) is 0 Å². The number of hydrazone groups is 2. The van der Waals surface area contributed by atoms with Crippen molar-refractivity contribution < 1.29 is 68.4 Å².